The Bertz CT molecular complexity index is 1540. The number of nitrogens with zero attached hydrogens (tertiary/aromatic N) is 3. The van der Waals surface area contributed by atoms with E-state index in [2.05, 4.69) is 91.6 Å². The number of hydrogen-bond acceptors (Lipinski definition) is 3. The molecular weight excluding hydrogens is 452 g/mol. The lowest BCUT2D eigenvalue weighted by atomic mass is 9.86. The predicted octanol–water partition coefficient (Wildman–Crippen LogP) is 7.73. The number of benzene rings is 4. The third-order valence-electron chi connectivity index (χ3n) is 6.60. The Hall–Kier alpha value is -4.70. The smallest absolute Gasteiger partial charge is 0.0743 e. The fourth-order valence-corrected chi connectivity index (χ4v) is 4.22. The van der Waals surface area contributed by atoms with E-state index in [0.717, 1.165) is 28.2 Å². The van der Waals surface area contributed by atoms with E-state index in [1.165, 1.54) is 11.1 Å². The van der Waals surface area contributed by atoms with E-state index in [9.17, 15) is 0 Å². The molecule has 4 aromatic carbocycles. The zero-order valence-corrected chi connectivity index (χ0v) is 21.1. The fourth-order valence-electron chi connectivity index (χ4n) is 4.22. The molecule has 0 saturated heterocycles. The van der Waals surface area contributed by atoms with Crippen LogP contribution in [0.25, 0.3) is 27.9 Å². The summed E-state index contributed by atoms with van der Waals surface area (Å²) in [6.45, 7) is 4.16. The molecule has 1 heterocycles. The van der Waals surface area contributed by atoms with Gasteiger partial charge in [0.2, 0.25) is 0 Å². The molecule has 0 aliphatic rings. The van der Waals surface area contributed by atoms with Crippen molar-refractivity contribution in [3.05, 3.63) is 139 Å². The SMILES string of the molecule is CC(C)(C(N)=CC=Nc1cccc(-c2ccccc2)c1)c1ccn(-c2cccc(-c3ccccc3)c2)n1. The first-order valence-electron chi connectivity index (χ1n) is 12.4. The van der Waals surface area contributed by atoms with Crippen LogP contribution >= 0.6 is 0 Å². The molecule has 0 atom stereocenters. The molecule has 37 heavy (non-hydrogen) atoms. The van der Waals surface area contributed by atoms with Crippen LogP contribution in [0.2, 0.25) is 0 Å². The van der Waals surface area contributed by atoms with Crippen molar-refractivity contribution in [2.24, 2.45) is 10.7 Å². The summed E-state index contributed by atoms with van der Waals surface area (Å²) in [5.74, 6) is 0. The van der Waals surface area contributed by atoms with Gasteiger partial charge in [-0.2, -0.15) is 5.10 Å². The van der Waals surface area contributed by atoms with Crippen molar-refractivity contribution in [1.29, 1.82) is 0 Å². The minimum atomic E-state index is -0.458. The van der Waals surface area contributed by atoms with Gasteiger partial charge in [0, 0.05) is 23.5 Å². The molecule has 1 aromatic heterocycles. The highest BCUT2D eigenvalue weighted by Gasteiger charge is 2.26. The van der Waals surface area contributed by atoms with Crippen LogP contribution in [0.3, 0.4) is 0 Å². The van der Waals surface area contributed by atoms with Crippen LogP contribution in [0.1, 0.15) is 19.5 Å². The molecule has 0 fully saturated rings. The molecule has 0 amide bonds. The van der Waals surface area contributed by atoms with Gasteiger partial charge in [-0.25, -0.2) is 4.68 Å². The highest BCUT2D eigenvalue weighted by molar-refractivity contribution is 5.77. The van der Waals surface area contributed by atoms with Gasteiger partial charge in [-0.3, -0.25) is 4.99 Å². The van der Waals surface area contributed by atoms with E-state index < -0.39 is 5.41 Å². The average Bonchev–Trinajstić information content (AvgIpc) is 3.46. The van der Waals surface area contributed by atoms with Crippen molar-refractivity contribution >= 4 is 11.9 Å². The van der Waals surface area contributed by atoms with Crippen molar-refractivity contribution < 1.29 is 0 Å². The summed E-state index contributed by atoms with van der Waals surface area (Å²) < 4.78 is 1.90. The highest BCUT2D eigenvalue weighted by Crippen LogP contribution is 2.29. The van der Waals surface area contributed by atoms with Gasteiger partial charge in [0.25, 0.3) is 0 Å². The molecule has 2 N–H and O–H groups in total. The molecular formula is C33H30N4. The Balaban J connectivity index is 1.34. The normalized spacial score (nSPS) is 12.2. The topological polar surface area (TPSA) is 56.2 Å². The number of allylic oxidation sites excluding steroid dienone is 2. The minimum absolute atomic E-state index is 0.458. The molecule has 0 bridgehead atoms. The number of aromatic nitrogens is 2. The van der Waals surface area contributed by atoms with E-state index in [1.807, 2.05) is 59.4 Å². The van der Waals surface area contributed by atoms with Crippen LogP contribution in [0.4, 0.5) is 5.69 Å². The molecule has 0 unspecified atom stereocenters. The maximum Gasteiger partial charge on any atom is 0.0743 e. The van der Waals surface area contributed by atoms with Crippen molar-refractivity contribution in [3.63, 3.8) is 0 Å². The van der Waals surface area contributed by atoms with Gasteiger partial charge in [-0.05, 0) is 72.5 Å². The second kappa shape index (κ2) is 10.5. The summed E-state index contributed by atoms with van der Waals surface area (Å²) in [6.07, 6.45) is 5.61. The second-order valence-electron chi connectivity index (χ2n) is 9.50. The van der Waals surface area contributed by atoms with Gasteiger partial charge >= 0.3 is 0 Å². The molecule has 4 heteroatoms. The average molecular weight is 483 g/mol. The summed E-state index contributed by atoms with van der Waals surface area (Å²) in [6, 6.07) is 39.2. The van der Waals surface area contributed by atoms with E-state index in [4.69, 9.17) is 10.8 Å². The van der Waals surface area contributed by atoms with E-state index in [0.29, 0.717) is 5.70 Å². The monoisotopic (exact) mass is 482 g/mol. The number of rotatable bonds is 7. The first kappa shape index (κ1) is 24.0. The Morgan fingerprint density at radius 1 is 0.730 bits per heavy atom. The first-order chi connectivity index (χ1) is 18.0. The summed E-state index contributed by atoms with van der Waals surface area (Å²) in [4.78, 5) is 4.62. The maximum absolute atomic E-state index is 6.54. The van der Waals surface area contributed by atoms with Gasteiger partial charge in [-0.1, -0.05) is 84.9 Å². The van der Waals surface area contributed by atoms with Crippen LogP contribution in [0.15, 0.2) is 138 Å². The predicted molar refractivity (Wildman–Crippen MR) is 154 cm³/mol. The summed E-state index contributed by atoms with van der Waals surface area (Å²) in [5.41, 5.74) is 14.2. The fraction of sp³-hybridized carbons (Fsp3) is 0.0909. The van der Waals surface area contributed by atoms with Gasteiger partial charge < -0.3 is 5.73 Å². The lowest BCUT2D eigenvalue weighted by Gasteiger charge is -2.22. The summed E-state index contributed by atoms with van der Waals surface area (Å²) >= 11 is 0. The Morgan fingerprint density at radius 3 is 2.00 bits per heavy atom. The van der Waals surface area contributed by atoms with Crippen molar-refractivity contribution in [2.45, 2.75) is 19.3 Å². The largest absolute Gasteiger partial charge is 0.401 e. The molecule has 0 radical (unpaired) electrons. The van der Waals surface area contributed by atoms with Crippen LogP contribution in [0, 0.1) is 0 Å². The lowest BCUT2D eigenvalue weighted by Crippen LogP contribution is -2.26. The molecule has 0 saturated carbocycles. The van der Waals surface area contributed by atoms with Crippen LogP contribution in [-0.2, 0) is 5.41 Å². The number of nitrogens with two attached hydrogens (primary N) is 1. The molecule has 0 aliphatic carbocycles. The minimum Gasteiger partial charge on any atom is -0.401 e. The van der Waals surface area contributed by atoms with E-state index in [-0.39, 0.29) is 0 Å². The molecule has 0 spiro atoms. The second-order valence-corrected chi connectivity index (χ2v) is 9.50. The molecule has 5 rings (SSSR count). The Morgan fingerprint density at radius 2 is 1.32 bits per heavy atom. The first-order valence-corrected chi connectivity index (χ1v) is 12.4. The lowest BCUT2D eigenvalue weighted by molar-refractivity contribution is 0.584. The summed E-state index contributed by atoms with van der Waals surface area (Å²) in [7, 11) is 0. The van der Waals surface area contributed by atoms with E-state index >= 15 is 0 Å². The molecule has 0 aliphatic heterocycles. The third kappa shape index (κ3) is 5.44. The van der Waals surface area contributed by atoms with Gasteiger partial charge in [0.1, 0.15) is 0 Å². The van der Waals surface area contributed by atoms with Gasteiger partial charge in [-0.15, -0.1) is 0 Å². The van der Waals surface area contributed by atoms with Gasteiger partial charge in [0.15, 0.2) is 0 Å². The molecule has 182 valence electrons. The summed E-state index contributed by atoms with van der Waals surface area (Å²) in [5, 5.41) is 4.87. The number of hydrogen-bond donors (Lipinski definition) is 1. The van der Waals surface area contributed by atoms with Crippen LogP contribution < -0.4 is 5.73 Å². The van der Waals surface area contributed by atoms with Crippen LogP contribution in [-0.4, -0.2) is 16.0 Å². The quantitative estimate of drug-likeness (QED) is 0.241. The zero-order valence-electron chi connectivity index (χ0n) is 21.1. The van der Waals surface area contributed by atoms with Crippen molar-refractivity contribution in [1.82, 2.24) is 9.78 Å². The third-order valence-corrected chi connectivity index (χ3v) is 6.60. The van der Waals surface area contributed by atoms with Crippen LogP contribution in [0.5, 0.6) is 0 Å². The Kier molecular flexibility index (Phi) is 6.82. The zero-order chi connectivity index (χ0) is 25.7. The van der Waals surface area contributed by atoms with Crippen molar-refractivity contribution in [2.75, 3.05) is 0 Å². The van der Waals surface area contributed by atoms with E-state index in [1.54, 1.807) is 6.21 Å². The maximum atomic E-state index is 6.54. The Labute approximate surface area is 218 Å². The highest BCUT2D eigenvalue weighted by atomic mass is 15.3. The number of aliphatic imine (C=N–C) groups is 1. The van der Waals surface area contributed by atoms with Gasteiger partial charge in [0.05, 0.1) is 17.1 Å². The standard InChI is InChI=1S/C33H30N4/c1-33(2,31(34)19-21-35-29-17-9-15-27(23-29)25-11-5-3-6-12-25)32-20-22-37(36-32)30-18-10-16-28(24-30)26-13-7-4-8-14-26/h3-24H,34H2,1-2H3. The molecule has 5 aromatic rings. The van der Waals surface area contributed by atoms with Crippen molar-refractivity contribution in [3.8, 4) is 27.9 Å². The molecule has 4 nitrogen and oxygen atoms in total.